The predicted molar refractivity (Wildman–Crippen MR) is 90.6 cm³/mol. The van der Waals surface area contributed by atoms with Crippen molar-refractivity contribution in [2.24, 2.45) is 0 Å². The predicted octanol–water partition coefficient (Wildman–Crippen LogP) is 2.64. The fourth-order valence-corrected chi connectivity index (χ4v) is 2.86. The molecule has 0 spiro atoms. The molecule has 22 heavy (non-hydrogen) atoms. The minimum absolute atomic E-state index is 0.0519. The summed E-state index contributed by atoms with van der Waals surface area (Å²) in [6.45, 7) is 3.63. The van der Waals surface area contributed by atoms with E-state index in [2.05, 4.69) is 39.2 Å². The summed E-state index contributed by atoms with van der Waals surface area (Å²) in [6, 6.07) is 0. The van der Waals surface area contributed by atoms with Crippen molar-refractivity contribution >= 4 is 34.8 Å². The highest BCUT2D eigenvalue weighted by Crippen LogP contribution is 2.31. The third kappa shape index (κ3) is 7.07. The molecular formula is C16H23IO5. The number of hydrogen-bond donors (Lipinski definition) is 0. The van der Waals surface area contributed by atoms with Crippen molar-refractivity contribution in [2.75, 3.05) is 7.11 Å². The first kappa shape index (κ1) is 19.4. The van der Waals surface area contributed by atoms with Gasteiger partial charge in [-0.25, -0.2) is 0 Å². The van der Waals surface area contributed by atoms with E-state index in [1.54, 1.807) is 0 Å². The lowest BCUT2D eigenvalue weighted by Gasteiger charge is -2.40. The normalized spacial score (nSPS) is 24.7. The Kier molecular flexibility index (Phi) is 8.36. The number of carbonyl (C=O) groups excluding carboxylic acids is 2. The van der Waals surface area contributed by atoms with Crippen LogP contribution in [0.1, 0.15) is 46.0 Å². The highest BCUT2D eigenvalue weighted by Gasteiger charge is 2.37. The maximum absolute atomic E-state index is 11.0. The molecule has 1 rings (SSSR count). The SMILES string of the molecule is COC(=O)CCCC#CC[C@H](I)[C@@H]1C[C@H](C=O)OC(C)(C)O1. The molecule has 124 valence electrons. The van der Waals surface area contributed by atoms with Crippen LogP contribution in [0.3, 0.4) is 0 Å². The van der Waals surface area contributed by atoms with E-state index in [4.69, 9.17) is 9.47 Å². The Morgan fingerprint density at radius 2 is 2.18 bits per heavy atom. The van der Waals surface area contributed by atoms with E-state index >= 15 is 0 Å². The quantitative estimate of drug-likeness (QED) is 0.165. The molecule has 0 unspecified atom stereocenters. The van der Waals surface area contributed by atoms with Crippen LogP contribution in [0.25, 0.3) is 0 Å². The van der Waals surface area contributed by atoms with Crippen molar-refractivity contribution in [3.8, 4) is 11.8 Å². The van der Waals surface area contributed by atoms with Gasteiger partial charge in [0.1, 0.15) is 12.4 Å². The number of halogens is 1. The molecule has 6 heteroatoms. The van der Waals surface area contributed by atoms with E-state index in [1.165, 1.54) is 7.11 Å². The van der Waals surface area contributed by atoms with Crippen molar-refractivity contribution in [2.45, 2.75) is 67.9 Å². The fraction of sp³-hybridized carbons (Fsp3) is 0.750. The molecule has 1 heterocycles. The third-order valence-corrected chi connectivity index (χ3v) is 4.47. The Balaban J connectivity index is 2.37. The average molecular weight is 422 g/mol. The van der Waals surface area contributed by atoms with Crippen molar-refractivity contribution < 1.29 is 23.8 Å². The van der Waals surface area contributed by atoms with Gasteiger partial charge in [-0.2, -0.15) is 0 Å². The zero-order valence-electron chi connectivity index (χ0n) is 13.3. The molecule has 0 aromatic heterocycles. The summed E-state index contributed by atoms with van der Waals surface area (Å²) in [7, 11) is 1.39. The number of ether oxygens (including phenoxy) is 3. The zero-order valence-corrected chi connectivity index (χ0v) is 15.4. The zero-order chi connectivity index (χ0) is 16.6. The Morgan fingerprint density at radius 1 is 1.45 bits per heavy atom. The Bertz CT molecular complexity index is 438. The third-order valence-electron chi connectivity index (χ3n) is 3.22. The number of carbonyl (C=O) groups is 2. The first-order valence-corrected chi connectivity index (χ1v) is 8.60. The molecule has 3 atom stereocenters. The molecular weight excluding hydrogens is 399 g/mol. The van der Waals surface area contributed by atoms with E-state index in [0.29, 0.717) is 32.1 Å². The van der Waals surface area contributed by atoms with Gasteiger partial charge in [0.05, 0.1) is 13.2 Å². The molecule has 5 nitrogen and oxygen atoms in total. The molecule has 1 fully saturated rings. The second kappa shape index (κ2) is 9.48. The summed E-state index contributed by atoms with van der Waals surface area (Å²) in [5.41, 5.74) is 0. The Labute approximate surface area is 145 Å². The van der Waals surface area contributed by atoms with Crippen LogP contribution >= 0.6 is 22.6 Å². The molecule has 0 aromatic carbocycles. The summed E-state index contributed by atoms with van der Waals surface area (Å²) in [5, 5.41) is 0. The van der Waals surface area contributed by atoms with Gasteiger partial charge in [-0.15, -0.1) is 11.8 Å². The highest BCUT2D eigenvalue weighted by molar-refractivity contribution is 14.1. The van der Waals surface area contributed by atoms with Crippen molar-refractivity contribution in [1.29, 1.82) is 0 Å². The lowest BCUT2D eigenvalue weighted by Crippen LogP contribution is -2.48. The van der Waals surface area contributed by atoms with Crippen molar-refractivity contribution in [1.82, 2.24) is 0 Å². The topological polar surface area (TPSA) is 61.8 Å². The van der Waals surface area contributed by atoms with Crippen LogP contribution in [-0.4, -0.2) is 41.3 Å². The standard InChI is InChI=1S/C16H23IO5/c1-16(2)21-12(11-18)10-14(22-16)13(17)8-6-4-5-7-9-15(19)20-3/h11-14H,5,7-10H2,1-3H3/t12-,13+,14+/m1/s1. The van der Waals surface area contributed by atoms with Gasteiger partial charge >= 0.3 is 5.97 Å². The van der Waals surface area contributed by atoms with Gasteiger partial charge in [-0.1, -0.05) is 22.6 Å². The number of alkyl halides is 1. The molecule has 1 aliphatic heterocycles. The van der Waals surface area contributed by atoms with Gasteiger partial charge in [0.2, 0.25) is 0 Å². The molecule has 1 aliphatic rings. The van der Waals surface area contributed by atoms with Crippen molar-refractivity contribution in [3.63, 3.8) is 0 Å². The number of hydrogen-bond acceptors (Lipinski definition) is 5. The monoisotopic (exact) mass is 422 g/mol. The molecule has 0 saturated carbocycles. The van der Waals surface area contributed by atoms with Crippen molar-refractivity contribution in [3.05, 3.63) is 0 Å². The fourth-order valence-electron chi connectivity index (χ4n) is 2.20. The number of rotatable bonds is 6. The molecule has 1 saturated heterocycles. The lowest BCUT2D eigenvalue weighted by atomic mass is 10.0. The smallest absolute Gasteiger partial charge is 0.305 e. The second-order valence-corrected chi connectivity index (χ2v) is 7.19. The first-order valence-electron chi connectivity index (χ1n) is 7.35. The number of esters is 1. The second-order valence-electron chi connectivity index (χ2n) is 5.59. The molecule has 0 aromatic rings. The van der Waals surface area contributed by atoms with Crippen LogP contribution in [0.15, 0.2) is 0 Å². The number of unbranched alkanes of at least 4 members (excludes halogenated alkanes) is 1. The first-order chi connectivity index (χ1) is 10.4. The lowest BCUT2D eigenvalue weighted by molar-refractivity contribution is -0.289. The molecule has 0 radical (unpaired) electrons. The summed E-state index contributed by atoms with van der Waals surface area (Å²) < 4.78 is 16.2. The minimum atomic E-state index is -0.744. The average Bonchev–Trinajstić information content (AvgIpc) is 2.48. The Hall–Kier alpha value is -0.650. The van der Waals surface area contributed by atoms with Gasteiger partial charge in [0.15, 0.2) is 5.79 Å². The summed E-state index contributed by atoms with van der Waals surface area (Å²) >= 11 is 2.31. The van der Waals surface area contributed by atoms with E-state index in [0.717, 1.165) is 6.29 Å². The van der Waals surface area contributed by atoms with Crippen LogP contribution in [0.5, 0.6) is 0 Å². The molecule has 0 bridgehead atoms. The van der Waals surface area contributed by atoms with E-state index < -0.39 is 11.9 Å². The summed E-state index contributed by atoms with van der Waals surface area (Å²) in [6.07, 6.45) is 3.39. The Morgan fingerprint density at radius 3 is 2.82 bits per heavy atom. The van der Waals surface area contributed by atoms with Crippen LogP contribution in [0, 0.1) is 11.8 Å². The molecule has 0 amide bonds. The van der Waals surface area contributed by atoms with Gasteiger partial charge in [0.25, 0.3) is 0 Å². The minimum Gasteiger partial charge on any atom is -0.469 e. The van der Waals surface area contributed by atoms with E-state index in [9.17, 15) is 9.59 Å². The van der Waals surface area contributed by atoms with E-state index in [-0.39, 0.29) is 16.0 Å². The van der Waals surface area contributed by atoms with Gasteiger partial charge < -0.3 is 19.0 Å². The largest absolute Gasteiger partial charge is 0.469 e. The molecule has 0 aliphatic carbocycles. The summed E-state index contributed by atoms with van der Waals surface area (Å²) in [5.74, 6) is 5.23. The highest BCUT2D eigenvalue weighted by atomic mass is 127. The molecule has 0 N–H and O–H groups in total. The van der Waals surface area contributed by atoms with Gasteiger partial charge in [0, 0.05) is 29.6 Å². The maximum Gasteiger partial charge on any atom is 0.305 e. The van der Waals surface area contributed by atoms with E-state index in [1.807, 2.05) is 13.8 Å². The summed E-state index contributed by atoms with van der Waals surface area (Å²) in [4.78, 5) is 21.9. The van der Waals surface area contributed by atoms with Crippen LogP contribution in [0.2, 0.25) is 0 Å². The van der Waals surface area contributed by atoms with Crippen LogP contribution < -0.4 is 0 Å². The van der Waals surface area contributed by atoms with Gasteiger partial charge in [-0.05, 0) is 20.3 Å². The maximum atomic E-state index is 11.0. The van der Waals surface area contributed by atoms with Crippen LogP contribution in [0.4, 0.5) is 0 Å². The number of aldehydes is 1. The van der Waals surface area contributed by atoms with Crippen LogP contribution in [-0.2, 0) is 23.8 Å². The number of methoxy groups -OCH3 is 1. The van der Waals surface area contributed by atoms with Gasteiger partial charge in [-0.3, -0.25) is 4.79 Å².